The van der Waals surface area contributed by atoms with Gasteiger partial charge in [-0.3, -0.25) is 0 Å². The number of hydrogen-bond donors (Lipinski definition) is 0. The quantitative estimate of drug-likeness (QED) is 0.0838. The van der Waals surface area contributed by atoms with Crippen molar-refractivity contribution in [3.05, 3.63) is 24.3 Å². The van der Waals surface area contributed by atoms with Crippen molar-refractivity contribution in [3.8, 4) is 12.1 Å². The molecule has 36 heavy (non-hydrogen) atoms. The van der Waals surface area contributed by atoms with Crippen molar-refractivity contribution in [1.82, 2.24) is 0 Å². The molecule has 0 heterocycles. The third kappa shape index (κ3) is 25.5. The van der Waals surface area contributed by atoms with E-state index in [0.717, 1.165) is 25.7 Å². The molecule has 0 saturated carbocycles. The number of nitriles is 2. The van der Waals surface area contributed by atoms with Gasteiger partial charge < -0.3 is 0 Å². The lowest BCUT2D eigenvalue weighted by molar-refractivity contribution is 0.395. The Balaban J connectivity index is 4.15. The first-order valence-corrected chi connectivity index (χ1v) is 15.8. The second-order valence-corrected chi connectivity index (χ2v) is 10.9. The predicted molar refractivity (Wildman–Crippen MR) is 159 cm³/mol. The van der Waals surface area contributed by atoms with Crippen molar-refractivity contribution in [2.24, 2.45) is 11.8 Å². The zero-order valence-electron chi connectivity index (χ0n) is 24.3. The van der Waals surface area contributed by atoms with Gasteiger partial charge in [0.25, 0.3) is 0 Å². The van der Waals surface area contributed by atoms with E-state index in [-0.39, 0.29) is 0 Å². The first-order valence-electron chi connectivity index (χ1n) is 15.8. The van der Waals surface area contributed by atoms with Crippen LogP contribution < -0.4 is 0 Å². The van der Waals surface area contributed by atoms with Gasteiger partial charge in [0, 0.05) is 12.8 Å². The van der Waals surface area contributed by atoms with E-state index in [4.69, 9.17) is 10.5 Å². The number of rotatable bonds is 27. The van der Waals surface area contributed by atoms with Gasteiger partial charge in [0.2, 0.25) is 0 Å². The molecule has 2 unspecified atom stereocenters. The molecule has 0 N–H and O–H groups in total. The van der Waals surface area contributed by atoms with E-state index in [0.29, 0.717) is 24.7 Å². The average molecular weight is 497 g/mol. The fraction of sp³-hybridized carbons (Fsp3) is 0.824. The summed E-state index contributed by atoms with van der Waals surface area (Å²) >= 11 is 0. The Morgan fingerprint density at radius 1 is 0.472 bits per heavy atom. The van der Waals surface area contributed by atoms with E-state index in [1.807, 2.05) is 0 Å². The van der Waals surface area contributed by atoms with Crippen molar-refractivity contribution in [2.75, 3.05) is 0 Å². The predicted octanol–water partition coefficient (Wildman–Crippen LogP) is 11.8. The van der Waals surface area contributed by atoms with Crippen LogP contribution in [0.2, 0.25) is 0 Å². The minimum atomic E-state index is 0.653. The second kappa shape index (κ2) is 29.7. The Morgan fingerprint density at radius 3 is 1.25 bits per heavy atom. The van der Waals surface area contributed by atoms with Gasteiger partial charge in [-0.05, 0) is 63.2 Å². The van der Waals surface area contributed by atoms with Gasteiger partial charge >= 0.3 is 0 Å². The molecule has 2 atom stereocenters. The summed E-state index contributed by atoms with van der Waals surface area (Å²) in [5, 5.41) is 18.1. The highest BCUT2D eigenvalue weighted by Crippen LogP contribution is 2.24. The van der Waals surface area contributed by atoms with Crippen LogP contribution in [0, 0.1) is 34.5 Å². The van der Waals surface area contributed by atoms with Crippen LogP contribution in [0.25, 0.3) is 0 Å². The summed E-state index contributed by atoms with van der Waals surface area (Å²) in [5.41, 5.74) is 0. The van der Waals surface area contributed by atoms with Crippen molar-refractivity contribution in [2.45, 2.75) is 168 Å². The smallest absolute Gasteiger partial charge is 0.0621 e. The second-order valence-electron chi connectivity index (χ2n) is 10.9. The molecule has 0 saturated heterocycles. The molecule has 0 aromatic rings. The molecule has 206 valence electrons. The van der Waals surface area contributed by atoms with Crippen LogP contribution in [0.3, 0.4) is 0 Å². The summed E-state index contributed by atoms with van der Waals surface area (Å²) in [4.78, 5) is 0. The topological polar surface area (TPSA) is 47.6 Å². The number of allylic oxidation sites excluding steroid dienone is 4. The average Bonchev–Trinajstić information content (AvgIpc) is 2.89. The molecule has 0 aromatic heterocycles. The Bertz CT molecular complexity index is 525. The van der Waals surface area contributed by atoms with E-state index in [9.17, 15) is 0 Å². The molecule has 0 spiro atoms. The third-order valence-electron chi connectivity index (χ3n) is 7.52. The lowest BCUT2D eigenvalue weighted by Crippen LogP contribution is -2.02. The number of hydrogen-bond acceptors (Lipinski definition) is 2. The molecule has 0 amide bonds. The summed E-state index contributed by atoms with van der Waals surface area (Å²) in [7, 11) is 0. The Hall–Kier alpha value is -1.54. The number of unbranched alkanes of at least 4 members (excludes halogenated alkanes) is 13. The van der Waals surface area contributed by atoms with Gasteiger partial charge in [-0.15, -0.1) is 0 Å². The SMILES string of the molecule is CCCCCCCCC=CCC(CCC#N)CCCCC(C/C=C/CCCCCCCC)CCC#N. The van der Waals surface area contributed by atoms with Gasteiger partial charge in [0.1, 0.15) is 0 Å². The lowest BCUT2D eigenvalue weighted by Gasteiger charge is -2.16. The standard InChI is InChI=1S/C34H60N2/c1-3-5-7-9-11-13-15-17-19-25-33(29-23-31-35)27-21-22-28-34(30-24-32-36)26-20-18-16-14-12-10-8-6-4-2/h17-20,33-34H,3-16,21-30H2,1-2H3/b19-17+,20-18?. The minimum Gasteiger partial charge on any atom is -0.198 e. The van der Waals surface area contributed by atoms with Crippen molar-refractivity contribution in [3.63, 3.8) is 0 Å². The summed E-state index contributed by atoms with van der Waals surface area (Å²) in [6.07, 6.45) is 39.0. The summed E-state index contributed by atoms with van der Waals surface area (Å²) in [6, 6.07) is 4.71. The monoisotopic (exact) mass is 496 g/mol. The first kappa shape index (κ1) is 34.5. The molecule has 2 nitrogen and oxygen atoms in total. The zero-order valence-corrected chi connectivity index (χ0v) is 24.3. The highest BCUT2D eigenvalue weighted by Gasteiger charge is 2.10. The van der Waals surface area contributed by atoms with E-state index in [2.05, 4.69) is 50.3 Å². The van der Waals surface area contributed by atoms with E-state index in [1.165, 1.54) is 116 Å². The van der Waals surface area contributed by atoms with E-state index < -0.39 is 0 Å². The van der Waals surface area contributed by atoms with Crippen LogP contribution in [0.15, 0.2) is 24.3 Å². The van der Waals surface area contributed by atoms with Crippen LogP contribution in [0.5, 0.6) is 0 Å². The summed E-state index contributed by atoms with van der Waals surface area (Å²) in [5.74, 6) is 1.31. The molecular formula is C34H60N2. The van der Waals surface area contributed by atoms with Crippen LogP contribution >= 0.6 is 0 Å². The maximum absolute atomic E-state index is 9.06. The van der Waals surface area contributed by atoms with Gasteiger partial charge in [0.05, 0.1) is 12.1 Å². The fourth-order valence-corrected chi connectivity index (χ4v) is 5.06. The van der Waals surface area contributed by atoms with Gasteiger partial charge in [0.15, 0.2) is 0 Å². The fourth-order valence-electron chi connectivity index (χ4n) is 5.06. The zero-order chi connectivity index (χ0) is 26.4. The summed E-state index contributed by atoms with van der Waals surface area (Å²) in [6.45, 7) is 4.54. The summed E-state index contributed by atoms with van der Waals surface area (Å²) < 4.78 is 0. The normalized spacial score (nSPS) is 13.2. The Kier molecular flexibility index (Phi) is 28.4. The molecule has 0 bridgehead atoms. The Morgan fingerprint density at radius 2 is 0.861 bits per heavy atom. The van der Waals surface area contributed by atoms with Crippen LogP contribution in [0.1, 0.15) is 168 Å². The van der Waals surface area contributed by atoms with Crippen molar-refractivity contribution in [1.29, 1.82) is 10.5 Å². The van der Waals surface area contributed by atoms with Crippen LogP contribution in [0.4, 0.5) is 0 Å². The van der Waals surface area contributed by atoms with Gasteiger partial charge in [-0.2, -0.15) is 10.5 Å². The lowest BCUT2D eigenvalue weighted by atomic mass is 9.89. The van der Waals surface area contributed by atoms with E-state index in [1.54, 1.807) is 0 Å². The van der Waals surface area contributed by atoms with E-state index >= 15 is 0 Å². The van der Waals surface area contributed by atoms with Gasteiger partial charge in [-0.25, -0.2) is 0 Å². The number of nitrogens with zero attached hydrogens (tertiary/aromatic N) is 2. The molecule has 0 fully saturated rings. The highest BCUT2D eigenvalue weighted by atomic mass is 14.2. The molecule has 0 radical (unpaired) electrons. The molecule has 0 rings (SSSR count). The molecule has 0 aliphatic rings. The van der Waals surface area contributed by atoms with Crippen LogP contribution in [-0.2, 0) is 0 Å². The first-order chi connectivity index (χ1) is 17.8. The Labute approximate surface area is 226 Å². The minimum absolute atomic E-state index is 0.653. The maximum Gasteiger partial charge on any atom is 0.0621 e. The molecular weight excluding hydrogens is 436 g/mol. The molecule has 0 aromatic carbocycles. The van der Waals surface area contributed by atoms with Gasteiger partial charge in [-0.1, -0.05) is 128 Å². The van der Waals surface area contributed by atoms with Crippen molar-refractivity contribution < 1.29 is 0 Å². The van der Waals surface area contributed by atoms with Crippen molar-refractivity contribution >= 4 is 0 Å². The molecule has 0 aliphatic heterocycles. The third-order valence-corrected chi connectivity index (χ3v) is 7.52. The maximum atomic E-state index is 9.06. The molecule has 2 heteroatoms. The molecule has 0 aliphatic carbocycles. The largest absolute Gasteiger partial charge is 0.198 e. The van der Waals surface area contributed by atoms with Crippen LogP contribution in [-0.4, -0.2) is 0 Å². The highest BCUT2D eigenvalue weighted by molar-refractivity contribution is 4.87.